The summed E-state index contributed by atoms with van der Waals surface area (Å²) >= 11 is 0. The van der Waals surface area contributed by atoms with Gasteiger partial charge in [-0.1, -0.05) is 123 Å². The maximum absolute atomic E-state index is 6.61. The molecule has 1 aromatic heterocycles. The second-order valence-corrected chi connectivity index (χ2v) is 10.9. The Labute approximate surface area is 218 Å². The van der Waals surface area contributed by atoms with E-state index in [0.29, 0.717) is 0 Å². The Bertz CT molecular complexity index is 1710. The largest absolute Gasteiger partial charge is 0.286 e. The van der Waals surface area contributed by atoms with E-state index in [-0.39, 0.29) is 5.41 Å². The van der Waals surface area contributed by atoms with E-state index in [4.69, 9.17) is 4.42 Å². The van der Waals surface area contributed by atoms with Crippen LogP contribution in [0.2, 0.25) is 0 Å². The molecule has 2 heterocycles. The number of benzene rings is 4. The molecular weight excluding hydrogens is 450 g/mol. The van der Waals surface area contributed by atoms with Crippen molar-refractivity contribution in [2.45, 2.75) is 27.7 Å². The highest BCUT2D eigenvalue weighted by molar-refractivity contribution is 6.13. The lowest BCUT2D eigenvalue weighted by molar-refractivity contribution is -0.418. The predicted molar refractivity (Wildman–Crippen MR) is 156 cm³/mol. The van der Waals surface area contributed by atoms with Crippen molar-refractivity contribution in [3.05, 3.63) is 126 Å². The van der Waals surface area contributed by atoms with E-state index in [0.717, 1.165) is 33.5 Å². The molecule has 1 aliphatic heterocycles. The van der Waals surface area contributed by atoms with E-state index in [9.17, 15) is 0 Å². The van der Waals surface area contributed by atoms with Crippen molar-refractivity contribution < 1.29 is 8.99 Å². The number of allylic oxidation sites excluding steroid dienone is 2. The van der Waals surface area contributed by atoms with Crippen LogP contribution in [0, 0.1) is 18.4 Å². The third-order valence-electron chi connectivity index (χ3n) is 7.33. The van der Waals surface area contributed by atoms with Crippen LogP contribution in [0.3, 0.4) is 0 Å². The summed E-state index contributed by atoms with van der Waals surface area (Å²) in [5.74, 6) is 0. The van der Waals surface area contributed by atoms with Crippen LogP contribution in [0.1, 0.15) is 31.9 Å². The average molecular weight is 482 g/mol. The molecule has 182 valence electrons. The van der Waals surface area contributed by atoms with Gasteiger partial charge in [-0.25, -0.2) is 0 Å². The van der Waals surface area contributed by atoms with Crippen LogP contribution in [0.5, 0.6) is 0 Å². The summed E-state index contributed by atoms with van der Waals surface area (Å²) in [5, 5.41) is 2.27. The van der Waals surface area contributed by atoms with Crippen LogP contribution in [0.15, 0.2) is 113 Å². The molecular formula is C35H31NO. The highest BCUT2D eigenvalue weighted by Gasteiger charge is 2.29. The first-order valence-electron chi connectivity index (χ1n) is 12.8. The Morgan fingerprint density at radius 3 is 2.24 bits per heavy atom. The third-order valence-corrected chi connectivity index (χ3v) is 7.33. The van der Waals surface area contributed by atoms with Crippen LogP contribution in [-0.4, -0.2) is 11.3 Å². The number of nitrogens with zero attached hydrogens (tertiary/aromatic N) is 1. The van der Waals surface area contributed by atoms with E-state index in [1.807, 2.05) is 10.6 Å². The first-order chi connectivity index (χ1) is 17.8. The number of hydrogen-bond acceptors (Lipinski definition) is 0. The van der Waals surface area contributed by atoms with Crippen molar-refractivity contribution in [1.29, 1.82) is 0 Å². The van der Waals surface area contributed by atoms with E-state index in [1.165, 1.54) is 33.4 Å². The normalized spacial score (nSPS) is 14.0. The number of hydrogen-bond donors (Lipinski definition) is 0. The van der Waals surface area contributed by atoms with Gasteiger partial charge in [0, 0.05) is 0 Å². The fourth-order valence-corrected chi connectivity index (χ4v) is 5.23. The second kappa shape index (κ2) is 8.67. The molecule has 2 heteroatoms. The predicted octanol–water partition coefficient (Wildman–Crippen LogP) is 9.32. The first-order valence-corrected chi connectivity index (χ1v) is 12.8. The number of fused-ring (bicyclic) bond motifs is 3. The van der Waals surface area contributed by atoms with Crippen LogP contribution in [0.25, 0.3) is 44.2 Å². The summed E-state index contributed by atoms with van der Waals surface area (Å²) < 4.78 is 8.57. The molecule has 0 saturated heterocycles. The molecule has 37 heavy (non-hydrogen) atoms. The van der Waals surface area contributed by atoms with Crippen molar-refractivity contribution in [3.63, 3.8) is 0 Å². The highest BCUT2D eigenvalue weighted by atomic mass is 16.3. The van der Waals surface area contributed by atoms with Gasteiger partial charge in [0.2, 0.25) is 0 Å². The Balaban J connectivity index is 1.52. The summed E-state index contributed by atoms with van der Waals surface area (Å²) in [7, 11) is 0. The van der Waals surface area contributed by atoms with Gasteiger partial charge in [-0.3, -0.25) is 8.99 Å². The lowest BCUT2D eigenvalue weighted by atomic mass is 9.82. The van der Waals surface area contributed by atoms with Crippen LogP contribution >= 0.6 is 0 Å². The molecule has 0 amide bonds. The molecule has 0 aliphatic carbocycles. The van der Waals surface area contributed by atoms with Crippen molar-refractivity contribution in [3.8, 4) is 22.3 Å². The first kappa shape index (κ1) is 23.1. The second-order valence-electron chi connectivity index (χ2n) is 10.9. The van der Waals surface area contributed by atoms with Gasteiger partial charge in [0.25, 0.3) is 11.2 Å². The Kier molecular flexibility index (Phi) is 5.42. The smallest absolute Gasteiger partial charge is 0.279 e. The minimum absolute atomic E-state index is 0.0395. The molecule has 0 N–H and O–H groups in total. The number of aryl methyl sites for hydroxylation is 1. The van der Waals surface area contributed by atoms with Gasteiger partial charge in [-0.05, 0) is 39.5 Å². The van der Waals surface area contributed by atoms with Gasteiger partial charge in [-0.2, -0.15) is 0 Å². The van der Waals surface area contributed by atoms with E-state index in [1.54, 1.807) is 0 Å². The number of rotatable bonds is 3. The molecule has 6 rings (SSSR count). The molecule has 4 aromatic carbocycles. The average Bonchev–Trinajstić information content (AvgIpc) is 3.28. The molecule has 0 unspecified atom stereocenters. The zero-order valence-electron chi connectivity index (χ0n) is 21.9. The molecule has 0 radical (unpaired) electrons. The molecule has 5 aromatic rings. The summed E-state index contributed by atoms with van der Waals surface area (Å²) in [5.41, 5.74) is 10.2. The van der Waals surface area contributed by atoms with Crippen LogP contribution in [-0.2, 0) is 0 Å². The number of furan rings is 1. The molecule has 0 spiro atoms. The van der Waals surface area contributed by atoms with E-state index in [2.05, 4.69) is 132 Å². The molecule has 2 nitrogen and oxygen atoms in total. The molecule has 0 atom stereocenters. The van der Waals surface area contributed by atoms with Crippen molar-refractivity contribution in [1.82, 2.24) is 0 Å². The Morgan fingerprint density at radius 1 is 0.811 bits per heavy atom. The topological polar surface area (TPSA) is 14.3 Å². The van der Waals surface area contributed by atoms with Crippen LogP contribution in [0.4, 0.5) is 0 Å². The van der Waals surface area contributed by atoms with Gasteiger partial charge in [-0.15, -0.1) is 12.1 Å². The molecule has 0 bridgehead atoms. The van der Waals surface area contributed by atoms with Crippen molar-refractivity contribution in [2.75, 3.05) is 0 Å². The maximum atomic E-state index is 6.61. The van der Waals surface area contributed by atoms with E-state index < -0.39 is 0 Å². The monoisotopic (exact) mass is 481 g/mol. The van der Waals surface area contributed by atoms with Crippen molar-refractivity contribution >= 4 is 28.7 Å². The summed E-state index contributed by atoms with van der Waals surface area (Å²) in [6, 6.07) is 31.1. The van der Waals surface area contributed by atoms with Gasteiger partial charge in [0.1, 0.15) is 6.20 Å². The minimum Gasteiger partial charge on any atom is -0.286 e. The lowest BCUT2D eigenvalue weighted by Gasteiger charge is -2.28. The summed E-state index contributed by atoms with van der Waals surface area (Å²) in [4.78, 5) is 0. The fraction of sp³-hybridized carbons (Fsp3) is 0.143. The van der Waals surface area contributed by atoms with Gasteiger partial charge in [0.15, 0.2) is 6.04 Å². The standard InChI is InChI=1S/C35H31NO/c1-23-14-19-29-33-28(26-17-15-25(16-18-26)24-10-7-6-8-11-24)12-9-13-31(33)37-34(29)32(23)30-22-27(35(2,3)4)20-21-36(30)5/h6-22H,5H2,1-4H3. The Morgan fingerprint density at radius 2 is 1.51 bits per heavy atom. The zero-order valence-corrected chi connectivity index (χ0v) is 21.9. The maximum Gasteiger partial charge on any atom is 0.279 e. The fourth-order valence-electron chi connectivity index (χ4n) is 5.23. The highest BCUT2D eigenvalue weighted by Crippen LogP contribution is 2.42. The molecule has 0 saturated carbocycles. The molecule has 0 fully saturated rings. The van der Waals surface area contributed by atoms with Gasteiger partial charge < -0.3 is 0 Å². The minimum atomic E-state index is 0.0395. The zero-order chi connectivity index (χ0) is 25.7. The van der Waals surface area contributed by atoms with Gasteiger partial charge in [0.05, 0.1) is 12.3 Å². The summed E-state index contributed by atoms with van der Waals surface area (Å²) in [6.45, 7) is 13.2. The summed E-state index contributed by atoms with van der Waals surface area (Å²) in [6.07, 6.45) is 6.46. The third kappa shape index (κ3) is 3.99. The van der Waals surface area contributed by atoms with Crippen LogP contribution < -0.4 is 0 Å². The van der Waals surface area contributed by atoms with Gasteiger partial charge >= 0.3 is 0 Å². The molecule has 1 aliphatic rings. The SMILES string of the molecule is C=[N+]1C=CC(C(C)(C)C)=C[C-]1c1c(C)ccc2c1[o+][c-]1cccc(-c3ccc(-c4ccccc4)cc3)c21. The van der Waals surface area contributed by atoms with Crippen molar-refractivity contribution in [2.24, 2.45) is 5.41 Å². The lowest BCUT2D eigenvalue weighted by Crippen LogP contribution is -2.20. The Hall–Kier alpha value is -4.30. The quantitative estimate of drug-likeness (QED) is 0.142. The van der Waals surface area contributed by atoms with E-state index >= 15 is 0 Å².